The molecule has 3 heterocycles. The van der Waals surface area contributed by atoms with Gasteiger partial charge in [-0.25, -0.2) is 0 Å². The van der Waals surface area contributed by atoms with Gasteiger partial charge in [0.1, 0.15) is 0 Å². The van der Waals surface area contributed by atoms with E-state index < -0.39 is 0 Å². The topological polar surface area (TPSA) is 3.24 Å². The molecule has 64 heavy (non-hydrogen) atoms. The highest BCUT2D eigenvalue weighted by Gasteiger charge is 2.29. The van der Waals surface area contributed by atoms with Crippen LogP contribution >= 0.6 is 34.0 Å². The number of nitrogens with zero attached hydrogens (tertiary/aromatic N) is 1. The lowest BCUT2D eigenvalue weighted by Gasteiger charge is -2.31. The maximum Gasteiger partial charge on any atom is 0.0633 e. The van der Waals surface area contributed by atoms with Crippen molar-refractivity contribution in [1.29, 1.82) is 0 Å². The minimum absolute atomic E-state index is 1.17. The van der Waals surface area contributed by atoms with Crippen molar-refractivity contribution in [3.05, 3.63) is 224 Å². The van der Waals surface area contributed by atoms with Crippen LogP contribution in [-0.4, -0.2) is 0 Å². The van der Waals surface area contributed by atoms with Gasteiger partial charge in [0, 0.05) is 66.1 Å². The predicted octanol–water partition coefficient (Wildman–Crippen LogP) is 18.9. The van der Waals surface area contributed by atoms with Crippen LogP contribution in [-0.2, 0) is 0 Å². The van der Waals surface area contributed by atoms with E-state index in [1.165, 1.54) is 122 Å². The van der Waals surface area contributed by atoms with Crippen LogP contribution in [0.15, 0.2) is 224 Å². The molecule has 0 radical (unpaired) electrons. The van der Waals surface area contributed by atoms with Gasteiger partial charge in [-0.3, -0.25) is 0 Å². The molecule has 1 nitrogen and oxygen atoms in total. The first-order chi connectivity index (χ1) is 31.8. The van der Waals surface area contributed by atoms with Crippen LogP contribution in [0.3, 0.4) is 0 Å². The van der Waals surface area contributed by atoms with Crippen LogP contribution in [0.4, 0.5) is 17.1 Å². The zero-order valence-corrected chi connectivity index (χ0v) is 37.0. The van der Waals surface area contributed by atoms with Crippen molar-refractivity contribution in [3.8, 4) is 44.5 Å². The Labute approximate surface area is 383 Å². The van der Waals surface area contributed by atoms with Gasteiger partial charge < -0.3 is 4.90 Å². The Balaban J connectivity index is 1.21. The first-order valence-corrected chi connectivity index (χ1v) is 24.1. The van der Waals surface area contributed by atoms with Crippen LogP contribution in [0.2, 0.25) is 0 Å². The summed E-state index contributed by atoms with van der Waals surface area (Å²) in [6.45, 7) is 0. The maximum atomic E-state index is 2.65. The summed E-state index contributed by atoms with van der Waals surface area (Å²) in [4.78, 5) is 2.65. The van der Waals surface area contributed by atoms with Gasteiger partial charge in [0.25, 0.3) is 0 Å². The van der Waals surface area contributed by atoms with E-state index in [9.17, 15) is 0 Å². The highest BCUT2D eigenvalue weighted by Crippen LogP contribution is 2.56. The highest BCUT2D eigenvalue weighted by atomic mass is 32.1. The molecule has 0 aliphatic heterocycles. The molecule has 300 valence electrons. The Hall–Kier alpha value is -7.34. The zero-order valence-electron chi connectivity index (χ0n) is 34.5. The maximum absolute atomic E-state index is 2.65. The number of anilines is 3. The first-order valence-electron chi connectivity index (χ1n) is 21.7. The molecule has 4 heteroatoms. The van der Waals surface area contributed by atoms with Gasteiger partial charge in [-0.15, -0.1) is 34.0 Å². The molecular formula is C60H37NS3. The molecule has 0 unspecified atom stereocenters. The Morgan fingerprint density at radius 3 is 1.53 bits per heavy atom. The first kappa shape index (κ1) is 37.2. The second-order valence-electron chi connectivity index (χ2n) is 16.3. The van der Waals surface area contributed by atoms with Crippen LogP contribution in [0, 0.1) is 0 Å². The third-order valence-corrected chi connectivity index (χ3v) is 16.2. The van der Waals surface area contributed by atoms with E-state index in [-0.39, 0.29) is 0 Å². The van der Waals surface area contributed by atoms with E-state index in [2.05, 4.69) is 229 Å². The van der Waals surface area contributed by atoms with Crippen molar-refractivity contribution in [1.82, 2.24) is 0 Å². The number of thiophene rings is 3. The van der Waals surface area contributed by atoms with Crippen LogP contribution in [0.25, 0.3) is 105 Å². The molecule has 0 spiro atoms. The largest absolute Gasteiger partial charge is 0.308 e. The number of benzene rings is 10. The summed E-state index contributed by atoms with van der Waals surface area (Å²) in [5, 5.41) is 7.60. The summed E-state index contributed by atoms with van der Waals surface area (Å²) < 4.78 is 7.69. The third kappa shape index (κ3) is 5.95. The quantitative estimate of drug-likeness (QED) is 0.154. The van der Waals surface area contributed by atoms with Gasteiger partial charge in [-0.05, 0) is 75.3 Å². The lowest BCUT2D eigenvalue weighted by molar-refractivity contribution is 1.34. The Morgan fingerprint density at radius 2 is 0.797 bits per heavy atom. The fourth-order valence-corrected chi connectivity index (χ4v) is 13.5. The standard InChI is InChI=1S/C60H37NS3/c1-5-17-38(18-6-1)42-31-32-47-54(37-42)64-60-45(41-23-11-4-12-24-41)33-35-50(56(47)60)61(49-28-16-30-52-55(49)46-25-13-14-29-51(46)62-52)58-43(39-19-7-2-8-20-39)34-36-53-57(58)48-27-15-26-44(59(48)63-53)40-21-9-3-10-22-40/h1-37H. The third-order valence-electron chi connectivity index (χ3n) is 12.7. The molecule has 0 N–H and O–H groups in total. The lowest BCUT2D eigenvalue weighted by atomic mass is 9.94. The SMILES string of the molecule is c1ccc(-c2ccc3c(c2)sc2c(-c4ccccc4)ccc(N(c4cccc5sc6ccccc6c45)c4c(-c5ccccc5)ccc5sc6c(-c7ccccc7)cccc6c45)c23)cc1. The van der Waals surface area contributed by atoms with E-state index in [1.54, 1.807) is 0 Å². The highest BCUT2D eigenvalue weighted by molar-refractivity contribution is 7.27. The molecule has 13 rings (SSSR count). The Kier molecular flexibility index (Phi) is 8.83. The van der Waals surface area contributed by atoms with E-state index in [0.29, 0.717) is 0 Å². The van der Waals surface area contributed by atoms with E-state index >= 15 is 0 Å². The van der Waals surface area contributed by atoms with Crippen LogP contribution in [0.1, 0.15) is 0 Å². The number of fused-ring (bicyclic) bond motifs is 9. The molecule has 0 aliphatic rings. The molecule has 13 aromatic rings. The summed E-state index contributed by atoms with van der Waals surface area (Å²) in [5.74, 6) is 0. The second kappa shape index (κ2) is 15.2. The number of hydrogen-bond donors (Lipinski definition) is 0. The summed E-state index contributed by atoms with van der Waals surface area (Å²) >= 11 is 5.68. The normalized spacial score (nSPS) is 11.8. The van der Waals surface area contributed by atoms with Crippen molar-refractivity contribution in [3.63, 3.8) is 0 Å². The predicted molar refractivity (Wildman–Crippen MR) is 282 cm³/mol. The Morgan fingerprint density at radius 1 is 0.266 bits per heavy atom. The van der Waals surface area contributed by atoms with Crippen molar-refractivity contribution >= 4 is 112 Å². The average Bonchev–Trinajstić information content (AvgIpc) is 4.07. The van der Waals surface area contributed by atoms with Gasteiger partial charge in [-0.1, -0.05) is 188 Å². The average molecular weight is 868 g/mol. The summed E-state index contributed by atoms with van der Waals surface area (Å²) in [7, 11) is 0. The smallest absolute Gasteiger partial charge is 0.0633 e. The molecule has 0 bridgehead atoms. The van der Waals surface area contributed by atoms with Gasteiger partial charge in [0.05, 0.1) is 17.1 Å². The Bertz CT molecular complexity index is 3880. The molecular weight excluding hydrogens is 831 g/mol. The fourth-order valence-electron chi connectivity index (χ4n) is 9.82. The molecule has 3 aromatic heterocycles. The fraction of sp³-hybridized carbons (Fsp3) is 0. The zero-order chi connectivity index (χ0) is 42.1. The van der Waals surface area contributed by atoms with Crippen LogP contribution < -0.4 is 4.90 Å². The van der Waals surface area contributed by atoms with Gasteiger partial charge in [0.2, 0.25) is 0 Å². The van der Waals surface area contributed by atoms with Gasteiger partial charge >= 0.3 is 0 Å². The molecule has 10 aromatic carbocycles. The van der Waals surface area contributed by atoms with Crippen molar-refractivity contribution in [2.75, 3.05) is 4.90 Å². The molecule has 0 aliphatic carbocycles. The lowest BCUT2D eigenvalue weighted by Crippen LogP contribution is -2.12. The van der Waals surface area contributed by atoms with E-state index in [1.807, 2.05) is 34.0 Å². The molecule has 0 saturated heterocycles. The van der Waals surface area contributed by atoms with Crippen molar-refractivity contribution < 1.29 is 0 Å². The van der Waals surface area contributed by atoms with E-state index in [0.717, 1.165) is 0 Å². The van der Waals surface area contributed by atoms with Crippen molar-refractivity contribution in [2.45, 2.75) is 0 Å². The van der Waals surface area contributed by atoms with Crippen molar-refractivity contribution in [2.24, 2.45) is 0 Å². The van der Waals surface area contributed by atoms with Crippen LogP contribution in [0.5, 0.6) is 0 Å². The van der Waals surface area contributed by atoms with E-state index in [4.69, 9.17) is 0 Å². The summed E-state index contributed by atoms with van der Waals surface area (Å²) in [6.07, 6.45) is 0. The monoisotopic (exact) mass is 867 g/mol. The van der Waals surface area contributed by atoms with Gasteiger partial charge in [-0.2, -0.15) is 0 Å². The minimum Gasteiger partial charge on any atom is -0.308 e. The number of rotatable bonds is 7. The molecule has 0 saturated carbocycles. The van der Waals surface area contributed by atoms with Gasteiger partial charge in [0.15, 0.2) is 0 Å². The second-order valence-corrected chi connectivity index (χ2v) is 19.5. The molecule has 0 amide bonds. The molecule has 0 fully saturated rings. The summed E-state index contributed by atoms with van der Waals surface area (Å²) in [5.41, 5.74) is 13.3. The molecule has 0 atom stereocenters. The number of hydrogen-bond acceptors (Lipinski definition) is 4. The summed E-state index contributed by atoms with van der Waals surface area (Å²) in [6, 6.07) is 82.9. The minimum atomic E-state index is 1.17.